The van der Waals surface area contributed by atoms with E-state index in [0.29, 0.717) is 0 Å². The highest BCUT2D eigenvalue weighted by molar-refractivity contribution is 5.77. The van der Waals surface area contributed by atoms with E-state index in [-0.39, 0.29) is 0 Å². The Bertz CT molecular complexity index is 606. The fourth-order valence-electron chi connectivity index (χ4n) is 1.94. The lowest BCUT2D eigenvalue weighted by atomic mass is 9.96. The Morgan fingerprint density at radius 1 is 0.846 bits per heavy atom. The lowest BCUT2D eigenvalue weighted by Gasteiger charge is -2.09. The minimum absolute atomic E-state index is 0.833. The Balaban J connectivity index is 0. The second kappa shape index (κ2) is 17.7. The van der Waals surface area contributed by atoms with E-state index in [2.05, 4.69) is 107 Å². The summed E-state index contributed by atoms with van der Waals surface area (Å²) in [4.78, 5) is 0. The minimum atomic E-state index is 0.833. The monoisotopic (exact) mass is 353 g/mol. The molecule has 1 nitrogen and oxygen atoms in total. The van der Waals surface area contributed by atoms with Crippen LogP contribution in [0.15, 0.2) is 67.3 Å². The largest absolute Gasteiger partial charge is 0.323 e. The molecular weight excluding hydrogens is 314 g/mol. The van der Waals surface area contributed by atoms with Crippen LogP contribution in [0.5, 0.6) is 0 Å². The fraction of sp³-hybridized carbons (Fsp3) is 0.360. The first-order chi connectivity index (χ1) is 12.4. The highest BCUT2D eigenvalue weighted by atomic mass is 14.7. The highest BCUT2D eigenvalue weighted by Gasteiger charge is 2.03. The zero-order chi connectivity index (χ0) is 20.4. The summed E-state index contributed by atoms with van der Waals surface area (Å²) >= 11 is 0. The second-order valence-electron chi connectivity index (χ2n) is 6.54. The van der Waals surface area contributed by atoms with Crippen molar-refractivity contribution >= 4 is 6.08 Å². The molecule has 0 radical (unpaired) electrons. The Kier molecular flexibility index (Phi) is 17.8. The predicted octanol–water partition coefficient (Wildman–Crippen LogP) is 7.39. The van der Waals surface area contributed by atoms with Gasteiger partial charge in [0, 0.05) is 0 Å². The van der Waals surface area contributed by atoms with E-state index in [4.69, 9.17) is 0 Å². The standard InChI is InChI=1S/C16H16.C4H10.C3H6.C2H7N/c1-3-8-14-10-5-7-12-16(14)15-11-6-4-9-13(15)2;1-4(2)3;2*1-3-2/h3-12H,1-2H3;4H,1-3H3;3H,1H2,2H3;3H,1-2H3/b8-3-;;;. The molecule has 0 aliphatic heterocycles. The molecule has 0 fully saturated rings. The maximum Gasteiger partial charge on any atom is -0.0109 e. The van der Waals surface area contributed by atoms with Crippen LogP contribution < -0.4 is 5.32 Å². The summed E-state index contributed by atoms with van der Waals surface area (Å²) in [6.07, 6.45) is 5.98. The molecule has 2 aromatic carbocycles. The number of aryl methyl sites for hydroxylation is 1. The van der Waals surface area contributed by atoms with Crippen molar-refractivity contribution in [2.45, 2.75) is 41.5 Å². The van der Waals surface area contributed by atoms with Crippen molar-refractivity contribution in [3.8, 4) is 11.1 Å². The van der Waals surface area contributed by atoms with Crippen LogP contribution in [0.1, 0.15) is 45.7 Å². The van der Waals surface area contributed by atoms with E-state index < -0.39 is 0 Å². The van der Waals surface area contributed by atoms with Crippen LogP contribution >= 0.6 is 0 Å². The molecule has 0 unspecified atom stereocenters. The third-order valence-corrected chi connectivity index (χ3v) is 2.74. The quantitative estimate of drug-likeness (QED) is 0.555. The van der Waals surface area contributed by atoms with Crippen molar-refractivity contribution in [2.24, 2.45) is 5.92 Å². The van der Waals surface area contributed by atoms with Gasteiger partial charge in [-0.2, -0.15) is 0 Å². The summed E-state index contributed by atoms with van der Waals surface area (Å²) < 4.78 is 0. The van der Waals surface area contributed by atoms with E-state index in [0.717, 1.165) is 5.92 Å². The molecule has 0 atom stereocenters. The van der Waals surface area contributed by atoms with Crippen LogP contribution in [0, 0.1) is 12.8 Å². The molecule has 26 heavy (non-hydrogen) atoms. The van der Waals surface area contributed by atoms with Crippen molar-refractivity contribution in [3.05, 3.63) is 78.4 Å². The molecule has 0 spiro atoms. The molecule has 1 N–H and O–H groups in total. The van der Waals surface area contributed by atoms with Gasteiger partial charge >= 0.3 is 0 Å². The van der Waals surface area contributed by atoms with Gasteiger partial charge in [0.05, 0.1) is 0 Å². The Morgan fingerprint density at radius 2 is 1.23 bits per heavy atom. The molecule has 0 amide bonds. The first-order valence-corrected chi connectivity index (χ1v) is 9.32. The molecular formula is C25H39N. The van der Waals surface area contributed by atoms with Crippen molar-refractivity contribution in [3.63, 3.8) is 0 Å². The molecule has 2 aromatic rings. The van der Waals surface area contributed by atoms with Gasteiger partial charge in [-0.3, -0.25) is 0 Å². The number of allylic oxidation sites excluding steroid dienone is 2. The lowest BCUT2D eigenvalue weighted by molar-refractivity contribution is 0.737. The lowest BCUT2D eigenvalue weighted by Crippen LogP contribution is -1.89. The normalized spacial score (nSPS) is 9.27. The van der Waals surface area contributed by atoms with E-state index in [1.165, 1.54) is 22.3 Å². The first kappa shape index (κ1) is 26.1. The minimum Gasteiger partial charge on any atom is -0.323 e. The fourth-order valence-corrected chi connectivity index (χ4v) is 1.94. The molecule has 0 saturated heterocycles. The highest BCUT2D eigenvalue weighted by Crippen LogP contribution is 2.27. The number of nitrogens with one attached hydrogen (secondary N) is 1. The zero-order valence-corrected chi connectivity index (χ0v) is 18.1. The average Bonchev–Trinajstić information content (AvgIpc) is 2.57. The first-order valence-electron chi connectivity index (χ1n) is 9.32. The molecule has 0 aliphatic rings. The van der Waals surface area contributed by atoms with Crippen LogP contribution in [0.4, 0.5) is 0 Å². The maximum atomic E-state index is 3.36. The van der Waals surface area contributed by atoms with Gasteiger partial charge < -0.3 is 5.32 Å². The Hall–Kier alpha value is -2.12. The van der Waals surface area contributed by atoms with Gasteiger partial charge in [0.2, 0.25) is 0 Å². The average molecular weight is 354 g/mol. The molecule has 0 heterocycles. The number of hydrogen-bond acceptors (Lipinski definition) is 1. The van der Waals surface area contributed by atoms with Gasteiger partial charge in [-0.25, -0.2) is 0 Å². The molecule has 0 bridgehead atoms. The third kappa shape index (κ3) is 13.2. The number of rotatable bonds is 2. The van der Waals surface area contributed by atoms with Crippen LogP contribution in [-0.2, 0) is 0 Å². The molecule has 0 saturated carbocycles. The molecule has 1 heteroatoms. The molecule has 0 aliphatic carbocycles. The van der Waals surface area contributed by atoms with E-state index in [1.54, 1.807) is 6.08 Å². The van der Waals surface area contributed by atoms with Crippen molar-refractivity contribution in [1.82, 2.24) is 5.32 Å². The van der Waals surface area contributed by atoms with E-state index in [1.807, 2.05) is 21.0 Å². The van der Waals surface area contributed by atoms with Crippen LogP contribution in [-0.4, -0.2) is 14.1 Å². The van der Waals surface area contributed by atoms with E-state index in [9.17, 15) is 0 Å². The van der Waals surface area contributed by atoms with Gasteiger partial charge in [0.1, 0.15) is 0 Å². The van der Waals surface area contributed by atoms with Crippen molar-refractivity contribution in [1.29, 1.82) is 0 Å². The SMILES string of the molecule is C/C=C\c1ccccc1-c1ccccc1C.C=CC.CC(C)C.CNC. The summed E-state index contributed by atoms with van der Waals surface area (Å²) in [5.41, 5.74) is 5.22. The van der Waals surface area contributed by atoms with Crippen LogP contribution in [0.3, 0.4) is 0 Å². The summed E-state index contributed by atoms with van der Waals surface area (Å²) in [5, 5.41) is 2.75. The molecule has 0 aromatic heterocycles. The van der Waals surface area contributed by atoms with Gasteiger partial charge in [-0.1, -0.05) is 87.5 Å². The third-order valence-electron chi connectivity index (χ3n) is 2.74. The number of hydrogen-bond donors (Lipinski definition) is 1. The van der Waals surface area contributed by atoms with Gasteiger partial charge in [-0.15, -0.1) is 6.58 Å². The zero-order valence-electron chi connectivity index (χ0n) is 18.1. The summed E-state index contributed by atoms with van der Waals surface area (Å²) in [6, 6.07) is 17.0. The Morgan fingerprint density at radius 3 is 1.65 bits per heavy atom. The van der Waals surface area contributed by atoms with Crippen molar-refractivity contribution < 1.29 is 0 Å². The van der Waals surface area contributed by atoms with Crippen LogP contribution in [0.25, 0.3) is 17.2 Å². The van der Waals surface area contributed by atoms with Gasteiger partial charge in [0.25, 0.3) is 0 Å². The second-order valence-corrected chi connectivity index (χ2v) is 6.54. The van der Waals surface area contributed by atoms with Gasteiger partial charge in [-0.05, 0) is 63.0 Å². The number of benzene rings is 2. The Labute approximate surface area is 162 Å². The van der Waals surface area contributed by atoms with E-state index >= 15 is 0 Å². The molecule has 2 rings (SSSR count). The summed E-state index contributed by atoms with van der Waals surface area (Å²) in [7, 11) is 3.75. The topological polar surface area (TPSA) is 12.0 Å². The predicted molar refractivity (Wildman–Crippen MR) is 123 cm³/mol. The van der Waals surface area contributed by atoms with Crippen LogP contribution in [0.2, 0.25) is 0 Å². The maximum absolute atomic E-state index is 3.36. The molecule has 144 valence electrons. The summed E-state index contributed by atoms with van der Waals surface area (Å²) in [6.45, 7) is 16.0. The smallest absolute Gasteiger partial charge is 0.0109 e. The van der Waals surface area contributed by atoms with Crippen molar-refractivity contribution in [2.75, 3.05) is 14.1 Å². The van der Waals surface area contributed by atoms with Gasteiger partial charge in [0.15, 0.2) is 0 Å². The summed E-state index contributed by atoms with van der Waals surface area (Å²) in [5.74, 6) is 0.833.